The molecule has 0 radical (unpaired) electrons. The highest BCUT2D eigenvalue weighted by Crippen LogP contribution is 2.65. The third-order valence-electron chi connectivity index (χ3n) is 17.1. The Labute approximate surface area is 356 Å². The molecule has 0 bridgehead atoms. The number of hydrogen-bond donors (Lipinski definition) is 0. The molecule has 0 saturated heterocycles. The van der Waals surface area contributed by atoms with Crippen LogP contribution in [0, 0.1) is 10.8 Å². The molecular formula is C58H56N2. The number of rotatable bonds is 4. The van der Waals surface area contributed by atoms with Gasteiger partial charge in [-0.15, -0.1) is 0 Å². The Morgan fingerprint density at radius 1 is 0.400 bits per heavy atom. The number of anilines is 4. The molecule has 4 unspecified atom stereocenters. The highest BCUT2D eigenvalue weighted by atomic mass is 15.3. The van der Waals surface area contributed by atoms with Crippen molar-refractivity contribution in [1.29, 1.82) is 0 Å². The maximum Gasteiger partial charge on any atom is 0.0543 e. The van der Waals surface area contributed by atoms with Crippen molar-refractivity contribution >= 4 is 55.1 Å². The monoisotopic (exact) mass is 780 g/mol. The van der Waals surface area contributed by atoms with Crippen LogP contribution < -0.4 is 9.80 Å². The third-order valence-corrected chi connectivity index (χ3v) is 17.1. The van der Waals surface area contributed by atoms with E-state index < -0.39 is 0 Å². The van der Waals surface area contributed by atoms with Crippen molar-refractivity contribution in [3.63, 3.8) is 0 Å². The van der Waals surface area contributed by atoms with Crippen molar-refractivity contribution in [3.8, 4) is 22.3 Å². The molecule has 0 aromatic heterocycles. The van der Waals surface area contributed by atoms with Gasteiger partial charge in [0.05, 0.1) is 11.1 Å². The second-order valence-electron chi connectivity index (χ2n) is 20.6. The van der Waals surface area contributed by atoms with E-state index in [1.54, 1.807) is 0 Å². The molecule has 0 amide bonds. The Hall–Kier alpha value is -5.60. The standard InChI is InChI=1S/C58H56N2/c1-55(2)29-13-19-49-47-35-37(25-27-51(47)59(57(49,55)5)45-15-9-7-10-16-45)43-31-39-21-23-41-33-44(34-42-24-22-40(32-43)53(39)54(41)42)38-26-28-52-48(36-38)50-20-14-30-56(3,4)58(50,6)60(52)46-17-11-8-12-18-46/h7-12,15-18,21-28,31-36,49-50H,13-14,19-20,29-30H2,1-6H3. The molecule has 2 heteroatoms. The van der Waals surface area contributed by atoms with Crippen LogP contribution in [-0.4, -0.2) is 11.1 Å². The van der Waals surface area contributed by atoms with Crippen molar-refractivity contribution in [2.75, 3.05) is 9.80 Å². The summed E-state index contributed by atoms with van der Waals surface area (Å²) in [6.45, 7) is 15.1. The van der Waals surface area contributed by atoms with Crippen LogP contribution in [0.2, 0.25) is 0 Å². The molecule has 0 spiro atoms. The molecule has 8 aromatic rings. The average Bonchev–Trinajstić information content (AvgIpc) is 3.69. The fourth-order valence-electron chi connectivity index (χ4n) is 13.4. The maximum atomic E-state index is 2.70. The van der Waals surface area contributed by atoms with Gasteiger partial charge in [-0.05, 0) is 189 Å². The lowest BCUT2D eigenvalue weighted by Gasteiger charge is -2.55. The quantitative estimate of drug-likeness (QED) is 0.164. The van der Waals surface area contributed by atoms with Gasteiger partial charge in [0.25, 0.3) is 0 Å². The summed E-state index contributed by atoms with van der Waals surface area (Å²) in [7, 11) is 0. The van der Waals surface area contributed by atoms with Crippen LogP contribution in [0.5, 0.6) is 0 Å². The zero-order chi connectivity index (χ0) is 40.8. The summed E-state index contributed by atoms with van der Waals surface area (Å²) in [6, 6.07) is 56.3. The minimum Gasteiger partial charge on any atom is -0.334 e. The van der Waals surface area contributed by atoms with Gasteiger partial charge in [0, 0.05) is 34.6 Å². The second kappa shape index (κ2) is 12.5. The fraction of sp³-hybridized carbons (Fsp3) is 0.310. The van der Waals surface area contributed by atoms with Crippen molar-refractivity contribution < 1.29 is 0 Å². The molecule has 2 fully saturated rings. The summed E-state index contributed by atoms with van der Waals surface area (Å²) in [5, 5.41) is 8.04. The van der Waals surface area contributed by atoms with Gasteiger partial charge in [0.2, 0.25) is 0 Å². The van der Waals surface area contributed by atoms with Crippen LogP contribution in [-0.2, 0) is 0 Å². The molecule has 2 saturated carbocycles. The zero-order valence-corrected chi connectivity index (χ0v) is 36.1. The number of para-hydroxylation sites is 2. The molecule has 12 rings (SSSR count). The Morgan fingerprint density at radius 3 is 1.13 bits per heavy atom. The molecule has 4 atom stereocenters. The number of nitrogens with zero attached hydrogens (tertiary/aromatic N) is 2. The molecule has 2 heterocycles. The Balaban J connectivity index is 0.941. The van der Waals surface area contributed by atoms with Crippen LogP contribution in [0.1, 0.15) is 103 Å². The van der Waals surface area contributed by atoms with E-state index in [4.69, 9.17) is 0 Å². The average molecular weight is 781 g/mol. The van der Waals surface area contributed by atoms with E-state index in [0.29, 0.717) is 11.8 Å². The Bertz CT molecular complexity index is 2720. The number of hydrogen-bond acceptors (Lipinski definition) is 2. The van der Waals surface area contributed by atoms with Crippen molar-refractivity contribution in [2.45, 2.75) is 103 Å². The van der Waals surface area contributed by atoms with Crippen LogP contribution in [0.3, 0.4) is 0 Å². The van der Waals surface area contributed by atoms with E-state index in [0.717, 1.165) is 0 Å². The first-order valence-electron chi connectivity index (χ1n) is 22.7. The first kappa shape index (κ1) is 36.3. The molecule has 60 heavy (non-hydrogen) atoms. The minimum absolute atomic E-state index is 0.00946. The van der Waals surface area contributed by atoms with E-state index in [-0.39, 0.29) is 21.9 Å². The Kier molecular flexibility index (Phi) is 7.54. The van der Waals surface area contributed by atoms with Crippen molar-refractivity contribution in [1.82, 2.24) is 0 Å². The molecule has 298 valence electrons. The molecule has 2 aliphatic heterocycles. The summed E-state index contributed by atoms with van der Waals surface area (Å²) in [6.07, 6.45) is 7.52. The summed E-state index contributed by atoms with van der Waals surface area (Å²) in [4.78, 5) is 5.39. The highest BCUT2D eigenvalue weighted by molar-refractivity contribution is 6.24. The molecule has 8 aromatic carbocycles. The number of benzene rings is 8. The number of fused-ring (bicyclic) bond motifs is 6. The summed E-state index contributed by atoms with van der Waals surface area (Å²) in [5.74, 6) is 0.978. The predicted octanol–water partition coefficient (Wildman–Crippen LogP) is 16.3. The van der Waals surface area contributed by atoms with Crippen LogP contribution >= 0.6 is 0 Å². The lowest BCUT2D eigenvalue weighted by atomic mass is 9.58. The molecular weight excluding hydrogens is 725 g/mol. The van der Waals surface area contributed by atoms with E-state index in [1.165, 1.54) is 127 Å². The minimum atomic E-state index is 0.00946. The van der Waals surface area contributed by atoms with E-state index in [1.807, 2.05) is 0 Å². The summed E-state index contributed by atoms with van der Waals surface area (Å²) >= 11 is 0. The first-order chi connectivity index (χ1) is 29.0. The van der Waals surface area contributed by atoms with E-state index in [2.05, 4.69) is 197 Å². The van der Waals surface area contributed by atoms with E-state index in [9.17, 15) is 0 Å². The van der Waals surface area contributed by atoms with Crippen LogP contribution in [0.4, 0.5) is 22.7 Å². The molecule has 0 N–H and O–H groups in total. The third kappa shape index (κ3) is 4.77. The topological polar surface area (TPSA) is 6.48 Å². The summed E-state index contributed by atoms with van der Waals surface area (Å²) in [5.41, 5.74) is 14.0. The van der Waals surface area contributed by atoms with Crippen molar-refractivity contribution in [3.05, 3.63) is 157 Å². The summed E-state index contributed by atoms with van der Waals surface area (Å²) < 4.78 is 0. The lowest BCUT2D eigenvalue weighted by molar-refractivity contribution is 0.101. The molecule has 2 nitrogen and oxygen atoms in total. The SMILES string of the molecule is CC1(C)CCCC2c3cc(-c4cc5ccc6cc(-c7ccc8c(c7)C7CCCC(C)(C)C7(C)N8c7ccccc7)cc7ccc(c4)c5c67)ccc3N(c3ccccc3)C21C. The van der Waals surface area contributed by atoms with Crippen LogP contribution in [0.15, 0.2) is 146 Å². The highest BCUT2D eigenvalue weighted by Gasteiger charge is 2.59. The predicted molar refractivity (Wildman–Crippen MR) is 256 cm³/mol. The lowest BCUT2D eigenvalue weighted by Crippen LogP contribution is -2.56. The smallest absolute Gasteiger partial charge is 0.0543 e. The van der Waals surface area contributed by atoms with Gasteiger partial charge in [-0.1, -0.05) is 113 Å². The Morgan fingerprint density at radius 2 is 0.767 bits per heavy atom. The fourth-order valence-corrected chi connectivity index (χ4v) is 13.4. The first-order valence-corrected chi connectivity index (χ1v) is 22.7. The molecule has 4 aliphatic rings. The van der Waals surface area contributed by atoms with Gasteiger partial charge in [0.15, 0.2) is 0 Å². The second-order valence-corrected chi connectivity index (χ2v) is 20.6. The van der Waals surface area contributed by atoms with Gasteiger partial charge < -0.3 is 9.80 Å². The van der Waals surface area contributed by atoms with E-state index >= 15 is 0 Å². The maximum absolute atomic E-state index is 2.70. The van der Waals surface area contributed by atoms with Gasteiger partial charge in [-0.25, -0.2) is 0 Å². The largest absolute Gasteiger partial charge is 0.334 e. The van der Waals surface area contributed by atoms with Gasteiger partial charge in [0.1, 0.15) is 0 Å². The van der Waals surface area contributed by atoms with Crippen LogP contribution in [0.25, 0.3) is 54.6 Å². The normalized spacial score (nSPS) is 25.1. The van der Waals surface area contributed by atoms with Gasteiger partial charge >= 0.3 is 0 Å². The van der Waals surface area contributed by atoms with Crippen molar-refractivity contribution in [2.24, 2.45) is 10.8 Å². The van der Waals surface area contributed by atoms with Gasteiger partial charge in [-0.3, -0.25) is 0 Å². The van der Waals surface area contributed by atoms with Gasteiger partial charge in [-0.2, -0.15) is 0 Å². The molecule has 2 aliphatic carbocycles. The zero-order valence-electron chi connectivity index (χ0n) is 36.1.